The monoisotopic (exact) mass is 324 g/mol. The van der Waals surface area contributed by atoms with Gasteiger partial charge in [-0.3, -0.25) is 14.4 Å². The highest BCUT2D eigenvalue weighted by molar-refractivity contribution is 6.02. The molecule has 0 radical (unpaired) electrons. The molecular weight excluding hydrogens is 300 g/mol. The van der Waals surface area contributed by atoms with Gasteiger partial charge in [0.25, 0.3) is 0 Å². The molecule has 0 saturated heterocycles. The molecule has 126 valence electrons. The molecule has 0 aromatic heterocycles. The first kappa shape index (κ1) is 15.7. The van der Waals surface area contributed by atoms with Gasteiger partial charge in [-0.25, -0.2) is 0 Å². The topological polar surface area (TPSA) is 51.2 Å². The molecule has 0 aromatic carbocycles. The zero-order valence-electron chi connectivity index (χ0n) is 14.5. The lowest BCUT2D eigenvalue weighted by Gasteiger charge is -2.53. The van der Waals surface area contributed by atoms with Crippen LogP contribution < -0.4 is 0 Å². The minimum absolute atomic E-state index is 0.00354. The Morgan fingerprint density at radius 2 is 1.92 bits per heavy atom. The van der Waals surface area contributed by atoms with E-state index < -0.39 is 0 Å². The van der Waals surface area contributed by atoms with Crippen LogP contribution in [0.5, 0.6) is 0 Å². The highest BCUT2D eigenvalue weighted by Gasteiger charge is 2.61. The summed E-state index contributed by atoms with van der Waals surface area (Å²) in [5.74, 6) is 0.909. The third kappa shape index (κ3) is 1.87. The van der Waals surface area contributed by atoms with Crippen LogP contribution >= 0.6 is 0 Å². The number of allylic oxidation sites excluding steroid dienone is 6. The van der Waals surface area contributed by atoms with Crippen molar-refractivity contribution in [3.05, 3.63) is 36.0 Å². The molecule has 0 unspecified atom stereocenters. The van der Waals surface area contributed by atoms with Gasteiger partial charge < -0.3 is 0 Å². The predicted molar refractivity (Wildman–Crippen MR) is 91.1 cm³/mol. The summed E-state index contributed by atoms with van der Waals surface area (Å²) in [7, 11) is 0. The Hall–Kier alpha value is -1.77. The summed E-state index contributed by atoms with van der Waals surface area (Å²) >= 11 is 0. The number of rotatable bonds is 1. The second-order valence-corrected chi connectivity index (χ2v) is 8.53. The number of ketones is 3. The fourth-order valence-electron chi connectivity index (χ4n) is 6.16. The molecule has 0 N–H and O–H groups in total. The lowest BCUT2D eigenvalue weighted by molar-refractivity contribution is -0.141. The van der Waals surface area contributed by atoms with E-state index in [2.05, 4.69) is 19.9 Å². The van der Waals surface area contributed by atoms with Crippen molar-refractivity contribution in [2.45, 2.75) is 40.0 Å². The second-order valence-electron chi connectivity index (χ2n) is 8.53. The summed E-state index contributed by atoms with van der Waals surface area (Å²) in [6, 6.07) is 0. The molecule has 6 atom stereocenters. The minimum Gasteiger partial charge on any atom is -0.300 e. The first-order valence-electron chi connectivity index (χ1n) is 8.94. The summed E-state index contributed by atoms with van der Waals surface area (Å²) in [6.45, 7) is 5.90. The van der Waals surface area contributed by atoms with Crippen LogP contribution in [-0.4, -0.2) is 17.3 Å². The number of Topliss-reactive ketones (excluding diaryl/α,β-unsaturated/α-hetero) is 2. The maximum Gasteiger partial charge on any atom is 0.178 e. The average Bonchev–Trinajstić information content (AvgIpc) is 2.84. The van der Waals surface area contributed by atoms with Crippen LogP contribution in [0.3, 0.4) is 0 Å². The Labute approximate surface area is 142 Å². The highest BCUT2D eigenvalue weighted by atomic mass is 16.1. The summed E-state index contributed by atoms with van der Waals surface area (Å²) < 4.78 is 0. The second kappa shape index (κ2) is 4.87. The van der Waals surface area contributed by atoms with Gasteiger partial charge in [-0.15, -0.1) is 0 Å². The highest BCUT2D eigenvalue weighted by Crippen LogP contribution is 2.63. The standard InChI is InChI=1S/C21H24O3/c1-12(22)16-6-7-17-15-5-4-13-10-14(23)8-9-20(13,2)19(15)18(24)11-21(16,17)3/h4-5,8-10,15-17,19H,6-7,11H2,1-3H3/t15-,16+,17-,19+,20-,21+/m0/s1. The average molecular weight is 324 g/mol. The van der Waals surface area contributed by atoms with Gasteiger partial charge in [-0.2, -0.15) is 0 Å². The van der Waals surface area contributed by atoms with Gasteiger partial charge in [0.15, 0.2) is 5.78 Å². The van der Waals surface area contributed by atoms with Crippen LogP contribution in [0.4, 0.5) is 0 Å². The molecule has 2 saturated carbocycles. The third-order valence-corrected chi connectivity index (χ3v) is 7.31. The zero-order valence-corrected chi connectivity index (χ0v) is 14.5. The van der Waals surface area contributed by atoms with Crippen molar-refractivity contribution >= 4 is 17.3 Å². The van der Waals surface area contributed by atoms with E-state index in [0.717, 1.165) is 18.4 Å². The Morgan fingerprint density at radius 3 is 2.62 bits per heavy atom. The van der Waals surface area contributed by atoms with Crippen LogP contribution in [0.15, 0.2) is 36.0 Å². The lowest BCUT2D eigenvalue weighted by Crippen LogP contribution is -2.53. The molecular formula is C21H24O3. The van der Waals surface area contributed by atoms with Crippen molar-refractivity contribution < 1.29 is 14.4 Å². The molecule has 0 bridgehead atoms. The van der Waals surface area contributed by atoms with Gasteiger partial charge in [-0.1, -0.05) is 32.1 Å². The van der Waals surface area contributed by atoms with E-state index in [1.807, 2.05) is 12.2 Å². The van der Waals surface area contributed by atoms with Crippen molar-refractivity contribution in [1.29, 1.82) is 0 Å². The molecule has 0 aromatic rings. The minimum atomic E-state index is -0.389. The summed E-state index contributed by atoms with van der Waals surface area (Å²) in [5, 5.41) is 0. The van der Waals surface area contributed by atoms with E-state index in [9.17, 15) is 14.4 Å². The Kier molecular flexibility index (Phi) is 3.20. The van der Waals surface area contributed by atoms with Crippen LogP contribution in [0.25, 0.3) is 0 Å². The van der Waals surface area contributed by atoms with Crippen molar-refractivity contribution in [2.24, 2.45) is 34.5 Å². The van der Waals surface area contributed by atoms with Crippen molar-refractivity contribution in [2.75, 3.05) is 0 Å². The Bertz CT molecular complexity index is 740. The molecule has 0 amide bonds. The maximum absolute atomic E-state index is 13.2. The SMILES string of the molecule is CC(=O)[C@H]1CC[C@H]2[C@@H]3C=CC4=CC(=O)C=C[C@]4(C)[C@H]3C(=O)C[C@]12C. The van der Waals surface area contributed by atoms with Crippen LogP contribution in [-0.2, 0) is 14.4 Å². The molecule has 4 rings (SSSR count). The number of fused-ring (bicyclic) bond motifs is 5. The summed E-state index contributed by atoms with van der Waals surface area (Å²) in [4.78, 5) is 37.0. The van der Waals surface area contributed by atoms with E-state index in [0.29, 0.717) is 12.3 Å². The van der Waals surface area contributed by atoms with E-state index >= 15 is 0 Å². The molecule has 3 nitrogen and oxygen atoms in total. The fraction of sp³-hybridized carbons (Fsp3) is 0.571. The van der Waals surface area contributed by atoms with E-state index in [1.165, 1.54) is 0 Å². The van der Waals surface area contributed by atoms with E-state index in [-0.39, 0.29) is 45.9 Å². The molecule has 0 aliphatic heterocycles. The van der Waals surface area contributed by atoms with Crippen molar-refractivity contribution in [1.82, 2.24) is 0 Å². The molecule has 3 heteroatoms. The smallest absolute Gasteiger partial charge is 0.178 e. The Balaban J connectivity index is 1.81. The van der Waals surface area contributed by atoms with Crippen LogP contribution in [0.1, 0.15) is 40.0 Å². The van der Waals surface area contributed by atoms with E-state index in [1.54, 1.807) is 19.1 Å². The Morgan fingerprint density at radius 1 is 1.17 bits per heavy atom. The number of hydrogen-bond acceptors (Lipinski definition) is 3. The third-order valence-electron chi connectivity index (χ3n) is 7.31. The fourth-order valence-corrected chi connectivity index (χ4v) is 6.16. The largest absolute Gasteiger partial charge is 0.300 e. The molecule has 0 spiro atoms. The quantitative estimate of drug-likeness (QED) is 0.742. The zero-order chi connectivity index (χ0) is 17.3. The number of carbonyl (C=O) groups excluding carboxylic acids is 3. The van der Waals surface area contributed by atoms with Gasteiger partial charge in [0.05, 0.1) is 0 Å². The van der Waals surface area contributed by atoms with Crippen molar-refractivity contribution in [3.8, 4) is 0 Å². The van der Waals surface area contributed by atoms with Gasteiger partial charge >= 0.3 is 0 Å². The lowest BCUT2D eigenvalue weighted by atomic mass is 9.49. The van der Waals surface area contributed by atoms with Gasteiger partial charge in [-0.05, 0) is 54.7 Å². The molecule has 24 heavy (non-hydrogen) atoms. The summed E-state index contributed by atoms with van der Waals surface area (Å²) in [6.07, 6.45) is 11.8. The molecule has 4 aliphatic rings. The first-order chi connectivity index (χ1) is 11.3. The maximum atomic E-state index is 13.2. The molecule has 4 aliphatic carbocycles. The van der Waals surface area contributed by atoms with E-state index in [4.69, 9.17) is 0 Å². The van der Waals surface area contributed by atoms with Gasteiger partial charge in [0, 0.05) is 23.7 Å². The predicted octanol–water partition coefficient (Wildman–Crippen LogP) is 3.45. The number of carbonyl (C=O) groups is 3. The first-order valence-corrected chi connectivity index (χ1v) is 8.94. The van der Waals surface area contributed by atoms with Crippen LogP contribution in [0.2, 0.25) is 0 Å². The summed E-state index contributed by atoms with van der Waals surface area (Å²) in [5.41, 5.74) is 0.356. The normalized spacial score (nSPS) is 46.2. The molecule has 2 fully saturated rings. The molecule has 0 heterocycles. The van der Waals surface area contributed by atoms with Gasteiger partial charge in [0.2, 0.25) is 0 Å². The van der Waals surface area contributed by atoms with Crippen molar-refractivity contribution in [3.63, 3.8) is 0 Å². The van der Waals surface area contributed by atoms with Gasteiger partial charge in [0.1, 0.15) is 11.6 Å². The number of hydrogen-bond donors (Lipinski definition) is 0. The van der Waals surface area contributed by atoms with Crippen LogP contribution in [0, 0.1) is 34.5 Å².